The monoisotopic (exact) mass is 666 g/mol. The molecule has 1 N–H and O–H groups in total. The van der Waals surface area contributed by atoms with Gasteiger partial charge in [-0.3, -0.25) is 0 Å². The second-order valence-electron chi connectivity index (χ2n) is 14.2. The number of rotatable bonds is 8. The number of esters is 1. The maximum absolute atomic E-state index is 13.1. The van der Waals surface area contributed by atoms with E-state index in [9.17, 15) is 14.7 Å². The predicted molar refractivity (Wildman–Crippen MR) is 188 cm³/mol. The quantitative estimate of drug-likeness (QED) is 0.168. The van der Waals surface area contributed by atoms with Gasteiger partial charge in [-0.25, -0.2) is 9.59 Å². The third kappa shape index (κ3) is 12.4. The van der Waals surface area contributed by atoms with Crippen LogP contribution in [0.15, 0.2) is 84.0 Å². The first-order chi connectivity index (χ1) is 22.1. The first-order valence-corrected chi connectivity index (χ1v) is 19.3. The highest BCUT2D eigenvalue weighted by molar-refractivity contribution is 6.74. The molecule has 47 heavy (non-hydrogen) atoms. The fourth-order valence-corrected chi connectivity index (χ4v) is 6.65. The Bertz CT molecular complexity index is 1350. The highest BCUT2D eigenvalue weighted by atomic mass is 28.4. The lowest BCUT2D eigenvalue weighted by Crippen LogP contribution is -2.43. The number of carboxylic acids is 1. The minimum absolute atomic E-state index is 0.0222. The fraction of sp³-hybridized carbons (Fsp3) is 0.526. The molecular weight excluding hydrogens is 612 g/mol. The van der Waals surface area contributed by atoms with Gasteiger partial charge >= 0.3 is 11.9 Å². The number of cyclic esters (lactones) is 1. The summed E-state index contributed by atoms with van der Waals surface area (Å²) in [5.74, 6) is -1.18. The molecule has 2 bridgehead atoms. The summed E-state index contributed by atoms with van der Waals surface area (Å²) >= 11 is 0. The van der Waals surface area contributed by atoms with E-state index in [1.807, 2.05) is 26.0 Å². The van der Waals surface area contributed by atoms with Crippen LogP contribution in [0.2, 0.25) is 18.1 Å². The summed E-state index contributed by atoms with van der Waals surface area (Å²) in [6.07, 6.45) is 11.3. The molecule has 0 aliphatic carbocycles. The van der Waals surface area contributed by atoms with Gasteiger partial charge in [0.05, 0.1) is 32.0 Å². The highest BCUT2D eigenvalue weighted by Gasteiger charge is 2.39. The predicted octanol–water partition coefficient (Wildman–Crippen LogP) is 8.26. The topological polar surface area (TPSA) is 101 Å². The van der Waals surface area contributed by atoms with Crippen molar-refractivity contribution in [3.63, 3.8) is 0 Å². The SMILES string of the molecule is C=C1C[C@H]2C/C=C/[C@H](O[Si](C)(C)C(C)(C)C)C/C(C)=C\C=C\C(=O)O[C@@H]([C@H](OCc3ccc(OC)cc3)C(=O)O)C/C(C)=C/[C@@H](C1)O2. The van der Waals surface area contributed by atoms with Crippen molar-refractivity contribution in [2.45, 2.75) is 122 Å². The molecule has 5 atom stereocenters. The van der Waals surface area contributed by atoms with Gasteiger partial charge < -0.3 is 28.5 Å². The van der Waals surface area contributed by atoms with Gasteiger partial charge in [0.25, 0.3) is 0 Å². The van der Waals surface area contributed by atoms with Crippen LogP contribution in [-0.4, -0.2) is 63.0 Å². The Balaban J connectivity index is 1.91. The molecule has 0 aromatic heterocycles. The molecule has 2 aliphatic heterocycles. The normalized spacial score (nSPS) is 27.9. The third-order valence-electron chi connectivity index (χ3n) is 8.94. The molecule has 1 aromatic rings. The highest BCUT2D eigenvalue weighted by Crippen LogP contribution is 2.38. The zero-order valence-electron chi connectivity index (χ0n) is 29.4. The van der Waals surface area contributed by atoms with Crippen LogP contribution in [0, 0.1) is 0 Å². The largest absolute Gasteiger partial charge is 0.497 e. The summed E-state index contributed by atoms with van der Waals surface area (Å²) in [6, 6.07) is 7.16. The summed E-state index contributed by atoms with van der Waals surface area (Å²) in [5, 5.41) is 10.2. The van der Waals surface area contributed by atoms with Gasteiger partial charge in [0.15, 0.2) is 14.4 Å². The number of carbonyl (C=O) groups excluding carboxylic acids is 1. The molecule has 0 spiro atoms. The summed E-state index contributed by atoms with van der Waals surface area (Å²) in [6.45, 7) is 19.4. The van der Waals surface area contributed by atoms with Crippen LogP contribution in [0.3, 0.4) is 0 Å². The van der Waals surface area contributed by atoms with Crippen molar-refractivity contribution in [3.8, 4) is 5.75 Å². The summed E-state index contributed by atoms with van der Waals surface area (Å²) in [7, 11) is -0.485. The van der Waals surface area contributed by atoms with Gasteiger partial charge in [0, 0.05) is 12.5 Å². The first kappa shape index (κ1) is 38.2. The Morgan fingerprint density at radius 1 is 1.09 bits per heavy atom. The lowest BCUT2D eigenvalue weighted by atomic mass is 9.95. The second-order valence-corrected chi connectivity index (χ2v) is 19.0. The number of hydrogen-bond acceptors (Lipinski definition) is 7. The van der Waals surface area contributed by atoms with Crippen LogP contribution < -0.4 is 4.74 Å². The molecule has 1 aromatic carbocycles. The molecule has 0 amide bonds. The summed E-state index contributed by atoms with van der Waals surface area (Å²) in [5.41, 5.74) is 3.74. The van der Waals surface area contributed by atoms with E-state index in [1.165, 1.54) is 6.08 Å². The molecule has 9 heteroatoms. The lowest BCUT2D eigenvalue weighted by molar-refractivity contribution is -0.169. The molecule has 0 saturated carbocycles. The van der Waals surface area contributed by atoms with E-state index in [0.717, 1.165) is 35.1 Å². The smallest absolute Gasteiger partial charge is 0.336 e. The standard InChI is InChI=1S/C38H54O8Si/c1-26-12-10-15-35(39)45-34(36(37(40)41)43-25-29-16-18-30(42-7)19-17-29)24-28(3)23-33-22-27(2)21-31(44-33)13-11-14-32(20-26)46-47(8,9)38(4,5)6/h10-12,14-19,23,31-34,36H,2,13,20-22,24-25H2,1,3-9H3,(H,40,41)/b14-11+,15-10+,26-12-,28-23+/t31-,32+,33-,34-,36+/m1/s1. The molecule has 8 nitrogen and oxygen atoms in total. The first-order valence-electron chi connectivity index (χ1n) is 16.4. The number of aliphatic carboxylic acids is 1. The minimum atomic E-state index is -2.06. The number of allylic oxidation sites excluding steroid dienone is 2. The van der Waals surface area contributed by atoms with Crippen LogP contribution in [0.4, 0.5) is 0 Å². The average Bonchev–Trinajstić information content (AvgIpc) is 2.95. The van der Waals surface area contributed by atoms with Crippen molar-refractivity contribution in [1.29, 1.82) is 0 Å². The Hall–Kier alpha value is -3.24. The van der Waals surface area contributed by atoms with E-state index in [1.54, 1.807) is 37.5 Å². The molecule has 2 heterocycles. The number of carbonyl (C=O) groups is 2. The summed E-state index contributed by atoms with van der Waals surface area (Å²) in [4.78, 5) is 25.5. The lowest BCUT2D eigenvalue weighted by Gasteiger charge is -2.39. The van der Waals surface area contributed by atoms with Crippen molar-refractivity contribution < 1.29 is 38.1 Å². The van der Waals surface area contributed by atoms with E-state index < -0.39 is 32.5 Å². The minimum Gasteiger partial charge on any atom is -0.497 e. The number of methoxy groups -OCH3 is 1. The number of carboxylic acid groups (broad SMARTS) is 1. The number of fused-ring (bicyclic) bond motifs is 2. The fourth-order valence-electron chi connectivity index (χ4n) is 5.38. The van der Waals surface area contributed by atoms with Crippen molar-refractivity contribution in [3.05, 3.63) is 89.6 Å². The van der Waals surface area contributed by atoms with Gasteiger partial charge in [-0.1, -0.05) is 86.6 Å². The van der Waals surface area contributed by atoms with Crippen molar-refractivity contribution >= 4 is 20.3 Å². The van der Waals surface area contributed by atoms with Crippen LogP contribution in [-0.2, 0) is 34.8 Å². The van der Waals surface area contributed by atoms with Crippen LogP contribution in [0.1, 0.15) is 72.3 Å². The Morgan fingerprint density at radius 3 is 2.43 bits per heavy atom. The Labute approximate surface area is 282 Å². The third-order valence-corrected chi connectivity index (χ3v) is 13.4. The molecule has 0 unspecified atom stereocenters. The number of hydrogen-bond donors (Lipinski definition) is 1. The zero-order valence-corrected chi connectivity index (χ0v) is 30.4. The molecular formula is C38H54O8Si. The van der Waals surface area contributed by atoms with E-state index in [4.69, 9.17) is 23.4 Å². The van der Waals surface area contributed by atoms with Crippen LogP contribution in [0.5, 0.6) is 5.75 Å². The Kier molecular flexibility index (Phi) is 14.0. The van der Waals surface area contributed by atoms with Crippen LogP contribution in [0.25, 0.3) is 0 Å². The Morgan fingerprint density at radius 2 is 1.79 bits per heavy atom. The molecule has 3 rings (SSSR count). The van der Waals surface area contributed by atoms with Gasteiger partial charge in [-0.2, -0.15) is 0 Å². The van der Waals surface area contributed by atoms with Gasteiger partial charge in [0.2, 0.25) is 0 Å². The van der Waals surface area contributed by atoms with Crippen molar-refractivity contribution in [2.24, 2.45) is 0 Å². The van der Waals surface area contributed by atoms with Crippen molar-refractivity contribution in [2.75, 3.05) is 7.11 Å². The van der Waals surface area contributed by atoms with Crippen LogP contribution >= 0.6 is 0 Å². The number of ether oxygens (including phenoxy) is 4. The van der Waals surface area contributed by atoms with E-state index in [2.05, 4.69) is 52.6 Å². The average molecular weight is 667 g/mol. The maximum atomic E-state index is 13.1. The summed E-state index contributed by atoms with van der Waals surface area (Å²) < 4.78 is 30.1. The maximum Gasteiger partial charge on any atom is 0.336 e. The van der Waals surface area contributed by atoms with E-state index >= 15 is 0 Å². The van der Waals surface area contributed by atoms with E-state index in [-0.39, 0.29) is 36.4 Å². The van der Waals surface area contributed by atoms with E-state index in [0.29, 0.717) is 18.6 Å². The molecule has 1 saturated heterocycles. The zero-order chi connectivity index (χ0) is 34.8. The number of benzene rings is 1. The molecule has 1 fully saturated rings. The second kappa shape index (κ2) is 17.2. The molecule has 0 radical (unpaired) electrons. The van der Waals surface area contributed by atoms with Gasteiger partial charge in [-0.05, 0) is 75.4 Å². The molecule has 258 valence electrons. The van der Waals surface area contributed by atoms with Gasteiger partial charge in [-0.15, -0.1) is 0 Å². The van der Waals surface area contributed by atoms with Crippen molar-refractivity contribution in [1.82, 2.24) is 0 Å². The molecule has 2 aliphatic rings. The van der Waals surface area contributed by atoms with Gasteiger partial charge in [0.1, 0.15) is 11.9 Å².